The molecule has 1 amide bonds. The van der Waals surface area contributed by atoms with Gasteiger partial charge in [-0.25, -0.2) is 0 Å². The largest absolute Gasteiger partial charge is 0.356 e. The number of carbonyl (C=O) groups is 1. The Morgan fingerprint density at radius 1 is 1.54 bits per heavy atom. The van der Waals surface area contributed by atoms with Gasteiger partial charge in [-0.1, -0.05) is 0 Å². The van der Waals surface area contributed by atoms with Crippen molar-refractivity contribution in [3.8, 4) is 0 Å². The van der Waals surface area contributed by atoms with Gasteiger partial charge in [-0.3, -0.25) is 4.79 Å². The molecule has 1 aliphatic heterocycles. The average molecular weight is 182 g/mol. The molecule has 2 N–H and O–H groups in total. The molecule has 1 spiro atoms. The predicted molar refractivity (Wildman–Crippen MR) is 51.3 cm³/mol. The topological polar surface area (TPSA) is 41.1 Å². The summed E-state index contributed by atoms with van der Waals surface area (Å²) in [6, 6.07) is 0. The lowest BCUT2D eigenvalue weighted by atomic mass is 9.92. The van der Waals surface area contributed by atoms with E-state index in [4.69, 9.17) is 0 Å². The van der Waals surface area contributed by atoms with Crippen molar-refractivity contribution >= 4 is 5.91 Å². The Labute approximate surface area is 79.3 Å². The van der Waals surface area contributed by atoms with Crippen LogP contribution >= 0.6 is 0 Å². The van der Waals surface area contributed by atoms with E-state index in [1.54, 1.807) is 0 Å². The van der Waals surface area contributed by atoms with Gasteiger partial charge >= 0.3 is 0 Å². The highest BCUT2D eigenvalue weighted by Gasteiger charge is 2.57. The molecular formula is C10H18N2O. The number of amides is 1. The molecule has 13 heavy (non-hydrogen) atoms. The quantitative estimate of drug-likeness (QED) is 0.653. The van der Waals surface area contributed by atoms with E-state index in [1.165, 1.54) is 12.8 Å². The van der Waals surface area contributed by atoms with E-state index in [1.807, 2.05) is 6.92 Å². The molecule has 1 heterocycles. The van der Waals surface area contributed by atoms with E-state index in [0.717, 1.165) is 26.1 Å². The molecule has 1 aliphatic carbocycles. The molecule has 0 aromatic carbocycles. The second-order valence-electron chi connectivity index (χ2n) is 4.26. The molecular weight excluding hydrogens is 164 g/mol. The van der Waals surface area contributed by atoms with Crippen molar-refractivity contribution in [2.24, 2.45) is 11.3 Å². The Kier molecular flexibility index (Phi) is 2.28. The summed E-state index contributed by atoms with van der Waals surface area (Å²) in [4.78, 5) is 11.5. The molecule has 3 heteroatoms. The highest BCUT2D eigenvalue weighted by Crippen LogP contribution is 2.58. The van der Waals surface area contributed by atoms with E-state index < -0.39 is 0 Å². The Bertz CT molecular complexity index is 209. The highest BCUT2D eigenvalue weighted by atomic mass is 16.2. The summed E-state index contributed by atoms with van der Waals surface area (Å²) in [7, 11) is 0. The smallest absolute Gasteiger partial charge is 0.223 e. The van der Waals surface area contributed by atoms with Gasteiger partial charge in [0.05, 0.1) is 0 Å². The van der Waals surface area contributed by atoms with Crippen LogP contribution in [0.4, 0.5) is 0 Å². The van der Waals surface area contributed by atoms with Crippen LogP contribution < -0.4 is 10.6 Å². The minimum absolute atomic E-state index is 0.282. The van der Waals surface area contributed by atoms with E-state index in [-0.39, 0.29) is 5.91 Å². The Morgan fingerprint density at radius 2 is 2.23 bits per heavy atom. The fourth-order valence-electron chi connectivity index (χ4n) is 2.49. The monoisotopic (exact) mass is 182 g/mol. The lowest BCUT2D eigenvalue weighted by Gasteiger charge is -2.23. The number of nitrogens with one attached hydrogen (secondary N) is 2. The van der Waals surface area contributed by atoms with Crippen molar-refractivity contribution in [2.45, 2.75) is 26.2 Å². The summed E-state index contributed by atoms with van der Waals surface area (Å²) in [6.45, 7) is 4.94. The molecule has 74 valence electrons. The summed E-state index contributed by atoms with van der Waals surface area (Å²) in [6.07, 6.45) is 3.50. The molecule has 2 fully saturated rings. The maximum Gasteiger partial charge on any atom is 0.223 e. The molecule has 1 saturated carbocycles. The first-order valence-electron chi connectivity index (χ1n) is 5.27. The van der Waals surface area contributed by atoms with E-state index >= 15 is 0 Å². The zero-order valence-electron chi connectivity index (χ0n) is 8.23. The summed E-state index contributed by atoms with van der Waals surface area (Å²) in [5.41, 5.74) is 0.393. The first kappa shape index (κ1) is 9.00. The van der Waals surface area contributed by atoms with Gasteiger partial charge in [0.2, 0.25) is 5.91 Å². The Morgan fingerprint density at radius 3 is 2.85 bits per heavy atom. The van der Waals surface area contributed by atoms with Crippen molar-refractivity contribution in [1.82, 2.24) is 10.6 Å². The van der Waals surface area contributed by atoms with Crippen LogP contribution in [0.3, 0.4) is 0 Å². The molecule has 0 aromatic rings. The minimum atomic E-state index is 0.282. The number of piperidine rings is 1. The van der Waals surface area contributed by atoms with E-state index in [9.17, 15) is 4.79 Å². The number of rotatable bonds is 2. The van der Waals surface area contributed by atoms with Gasteiger partial charge in [0.25, 0.3) is 0 Å². The van der Waals surface area contributed by atoms with Gasteiger partial charge in [0.15, 0.2) is 0 Å². The third-order valence-corrected chi connectivity index (χ3v) is 3.46. The Hall–Kier alpha value is -0.570. The van der Waals surface area contributed by atoms with Crippen molar-refractivity contribution in [2.75, 3.05) is 19.6 Å². The van der Waals surface area contributed by atoms with Crippen molar-refractivity contribution in [3.63, 3.8) is 0 Å². The lowest BCUT2D eigenvalue weighted by molar-refractivity contribution is -0.123. The Balaban J connectivity index is 1.88. The van der Waals surface area contributed by atoms with Crippen LogP contribution in [0.1, 0.15) is 26.2 Å². The first-order chi connectivity index (χ1) is 6.28. The minimum Gasteiger partial charge on any atom is -0.356 e. The van der Waals surface area contributed by atoms with Crippen LogP contribution in [0.25, 0.3) is 0 Å². The lowest BCUT2D eigenvalue weighted by Crippen LogP contribution is -2.33. The molecule has 1 unspecified atom stereocenters. The molecule has 0 aromatic heterocycles. The summed E-state index contributed by atoms with van der Waals surface area (Å²) in [5, 5.41) is 6.26. The zero-order chi connectivity index (χ0) is 9.31. The average Bonchev–Trinajstić information content (AvgIpc) is 2.81. The van der Waals surface area contributed by atoms with Crippen LogP contribution in [-0.4, -0.2) is 25.5 Å². The van der Waals surface area contributed by atoms with E-state index in [0.29, 0.717) is 11.3 Å². The van der Waals surface area contributed by atoms with Crippen molar-refractivity contribution in [1.29, 1.82) is 0 Å². The van der Waals surface area contributed by atoms with Crippen LogP contribution in [-0.2, 0) is 4.79 Å². The molecule has 0 bridgehead atoms. The normalized spacial score (nSPS) is 30.1. The standard InChI is InChI=1S/C10H18N2O/c1-2-12-9(13)8-7-10(8)3-5-11-6-4-10/h8,11H,2-7H2,1H3,(H,12,13). The first-order valence-corrected chi connectivity index (χ1v) is 5.27. The number of hydrogen-bond acceptors (Lipinski definition) is 2. The second kappa shape index (κ2) is 3.29. The fourth-order valence-corrected chi connectivity index (χ4v) is 2.49. The summed E-state index contributed by atoms with van der Waals surface area (Å²) >= 11 is 0. The van der Waals surface area contributed by atoms with Gasteiger partial charge in [0.1, 0.15) is 0 Å². The van der Waals surface area contributed by atoms with Crippen molar-refractivity contribution < 1.29 is 4.79 Å². The second-order valence-corrected chi connectivity index (χ2v) is 4.26. The van der Waals surface area contributed by atoms with Crippen LogP contribution in [0, 0.1) is 11.3 Å². The highest BCUT2D eigenvalue weighted by molar-refractivity contribution is 5.82. The number of hydrogen-bond donors (Lipinski definition) is 2. The van der Waals surface area contributed by atoms with Gasteiger partial charge < -0.3 is 10.6 Å². The molecule has 1 saturated heterocycles. The summed E-state index contributed by atoms with van der Waals surface area (Å²) in [5.74, 6) is 0.610. The SMILES string of the molecule is CCNC(=O)C1CC12CCNCC2. The molecule has 0 radical (unpaired) electrons. The van der Waals surface area contributed by atoms with Crippen molar-refractivity contribution in [3.05, 3.63) is 0 Å². The maximum absolute atomic E-state index is 11.5. The van der Waals surface area contributed by atoms with Gasteiger partial charge in [0, 0.05) is 12.5 Å². The van der Waals surface area contributed by atoms with E-state index in [2.05, 4.69) is 10.6 Å². The third-order valence-electron chi connectivity index (χ3n) is 3.46. The molecule has 3 nitrogen and oxygen atoms in total. The fraction of sp³-hybridized carbons (Fsp3) is 0.900. The van der Waals surface area contributed by atoms with Crippen LogP contribution in [0.2, 0.25) is 0 Å². The molecule has 2 rings (SSSR count). The molecule has 1 atom stereocenters. The van der Waals surface area contributed by atoms with Gasteiger partial charge in [-0.05, 0) is 44.7 Å². The summed E-state index contributed by atoms with van der Waals surface area (Å²) < 4.78 is 0. The van der Waals surface area contributed by atoms with Gasteiger partial charge in [-0.15, -0.1) is 0 Å². The van der Waals surface area contributed by atoms with Crippen LogP contribution in [0.5, 0.6) is 0 Å². The molecule has 2 aliphatic rings. The third kappa shape index (κ3) is 1.57. The zero-order valence-corrected chi connectivity index (χ0v) is 8.23. The van der Waals surface area contributed by atoms with Crippen LogP contribution in [0.15, 0.2) is 0 Å². The number of carbonyl (C=O) groups excluding carboxylic acids is 1. The van der Waals surface area contributed by atoms with Gasteiger partial charge in [-0.2, -0.15) is 0 Å². The maximum atomic E-state index is 11.5. The predicted octanol–water partition coefficient (Wildman–Crippen LogP) is 0.512.